The summed E-state index contributed by atoms with van der Waals surface area (Å²) < 4.78 is 10.8. The second kappa shape index (κ2) is 6.10. The molecule has 0 saturated carbocycles. The van der Waals surface area contributed by atoms with Gasteiger partial charge in [0.25, 0.3) is 0 Å². The lowest BCUT2D eigenvalue weighted by Crippen LogP contribution is -2.44. The summed E-state index contributed by atoms with van der Waals surface area (Å²) >= 11 is 3.23. The van der Waals surface area contributed by atoms with Crippen LogP contribution < -0.4 is 5.32 Å². The minimum Gasteiger partial charge on any atom is -0.480 e. The first-order valence-corrected chi connectivity index (χ1v) is 6.42. The molecule has 0 aliphatic heterocycles. The van der Waals surface area contributed by atoms with Crippen LogP contribution in [0, 0.1) is 0 Å². The highest BCUT2D eigenvalue weighted by atomic mass is 79.9. The molecule has 0 radical (unpaired) electrons. The van der Waals surface area contributed by atoms with Gasteiger partial charge in [-0.05, 0) is 42.8 Å². The van der Waals surface area contributed by atoms with Gasteiger partial charge < -0.3 is 19.6 Å². The summed E-state index contributed by atoms with van der Waals surface area (Å²) in [4.78, 5) is 22.7. The molecule has 1 aromatic rings. The second-order valence-electron chi connectivity index (χ2n) is 4.93. The number of carboxylic acids is 1. The molecule has 1 heterocycles. The number of hydrogen-bond donors (Lipinski definition) is 2. The van der Waals surface area contributed by atoms with E-state index in [0.29, 0.717) is 10.2 Å². The third-order valence-corrected chi connectivity index (χ3v) is 2.78. The number of carbonyl (C=O) groups is 2. The maximum Gasteiger partial charge on any atom is 0.408 e. The van der Waals surface area contributed by atoms with Crippen LogP contribution in [-0.2, 0) is 16.0 Å². The number of amides is 1. The highest BCUT2D eigenvalue weighted by Gasteiger charge is 2.25. The van der Waals surface area contributed by atoms with Crippen LogP contribution in [0.15, 0.2) is 21.2 Å². The van der Waals surface area contributed by atoms with Gasteiger partial charge in [-0.2, -0.15) is 0 Å². The van der Waals surface area contributed by atoms with E-state index in [1.165, 1.54) is 6.26 Å². The molecule has 0 fully saturated rings. The van der Waals surface area contributed by atoms with Crippen LogP contribution in [0.3, 0.4) is 0 Å². The molecule has 0 aliphatic rings. The van der Waals surface area contributed by atoms with Crippen molar-refractivity contribution in [2.75, 3.05) is 0 Å². The summed E-state index contributed by atoms with van der Waals surface area (Å²) in [6, 6.07) is 0.541. The van der Waals surface area contributed by atoms with Crippen LogP contribution in [-0.4, -0.2) is 28.8 Å². The summed E-state index contributed by atoms with van der Waals surface area (Å²) in [7, 11) is 0. The molecule has 2 N–H and O–H groups in total. The molecule has 6 nitrogen and oxygen atoms in total. The molecule has 0 bridgehead atoms. The third kappa shape index (κ3) is 5.34. The standard InChI is InChI=1S/C12H16BrNO5/c1-12(2,3)19-11(17)14-8(10(15)16)6-9-7(13)4-5-18-9/h4-5,8H,6H2,1-3H3,(H,14,17)(H,15,16). The fraction of sp³-hybridized carbons (Fsp3) is 0.500. The number of halogens is 1. The zero-order valence-corrected chi connectivity index (χ0v) is 12.5. The van der Waals surface area contributed by atoms with Gasteiger partial charge in [-0.15, -0.1) is 0 Å². The van der Waals surface area contributed by atoms with E-state index >= 15 is 0 Å². The molecule has 1 amide bonds. The van der Waals surface area contributed by atoms with Crippen molar-refractivity contribution < 1.29 is 23.8 Å². The number of carbonyl (C=O) groups excluding carboxylic acids is 1. The second-order valence-corrected chi connectivity index (χ2v) is 5.79. The molecule has 0 saturated heterocycles. The van der Waals surface area contributed by atoms with Crippen LogP contribution in [0.5, 0.6) is 0 Å². The molecule has 19 heavy (non-hydrogen) atoms. The van der Waals surface area contributed by atoms with Crippen molar-refractivity contribution in [3.63, 3.8) is 0 Å². The number of rotatable bonds is 4. The van der Waals surface area contributed by atoms with Crippen LogP contribution in [0.25, 0.3) is 0 Å². The predicted molar refractivity (Wildman–Crippen MR) is 70.9 cm³/mol. The van der Waals surface area contributed by atoms with Crippen molar-refractivity contribution in [2.45, 2.75) is 38.8 Å². The molecular weight excluding hydrogens is 318 g/mol. The topological polar surface area (TPSA) is 88.8 Å². The highest BCUT2D eigenvalue weighted by molar-refractivity contribution is 9.10. The Balaban J connectivity index is 2.67. The van der Waals surface area contributed by atoms with E-state index in [2.05, 4.69) is 21.2 Å². The molecule has 1 aromatic heterocycles. The van der Waals surface area contributed by atoms with Crippen molar-refractivity contribution in [2.24, 2.45) is 0 Å². The number of hydrogen-bond acceptors (Lipinski definition) is 4. The normalized spacial score (nSPS) is 12.8. The van der Waals surface area contributed by atoms with E-state index in [-0.39, 0.29) is 6.42 Å². The Bertz CT molecular complexity index is 463. The first kappa shape index (κ1) is 15.6. The van der Waals surface area contributed by atoms with Gasteiger partial charge in [0.1, 0.15) is 17.4 Å². The van der Waals surface area contributed by atoms with Gasteiger partial charge in [0.05, 0.1) is 10.7 Å². The van der Waals surface area contributed by atoms with E-state index in [0.717, 1.165) is 0 Å². The Kier molecular flexibility index (Phi) is 4.99. The van der Waals surface area contributed by atoms with Gasteiger partial charge in [-0.25, -0.2) is 9.59 Å². The average Bonchev–Trinajstić information content (AvgIpc) is 2.60. The number of alkyl carbamates (subject to hydrolysis) is 1. The molecule has 0 aliphatic carbocycles. The van der Waals surface area contributed by atoms with Gasteiger partial charge in [-0.1, -0.05) is 0 Å². The van der Waals surface area contributed by atoms with Crippen LogP contribution >= 0.6 is 15.9 Å². The maximum atomic E-state index is 11.5. The Morgan fingerprint density at radius 1 is 1.53 bits per heavy atom. The van der Waals surface area contributed by atoms with Gasteiger partial charge in [0, 0.05) is 6.42 Å². The van der Waals surface area contributed by atoms with Crippen molar-refractivity contribution in [1.29, 1.82) is 0 Å². The number of aliphatic carboxylic acids is 1. The summed E-state index contributed by atoms with van der Waals surface area (Å²) in [6.07, 6.45) is 0.691. The Morgan fingerprint density at radius 2 is 2.16 bits per heavy atom. The molecule has 1 atom stereocenters. The molecule has 0 spiro atoms. The van der Waals surface area contributed by atoms with Gasteiger partial charge in [0.15, 0.2) is 0 Å². The lowest BCUT2D eigenvalue weighted by atomic mass is 10.1. The van der Waals surface area contributed by atoms with E-state index in [1.54, 1.807) is 26.8 Å². The number of ether oxygens (including phenoxy) is 1. The summed E-state index contributed by atoms with van der Waals surface area (Å²) in [5.41, 5.74) is -0.682. The molecule has 7 heteroatoms. The van der Waals surface area contributed by atoms with Crippen molar-refractivity contribution >= 4 is 28.0 Å². The number of nitrogens with one attached hydrogen (secondary N) is 1. The molecule has 0 aromatic carbocycles. The first-order chi connectivity index (χ1) is 8.69. The number of furan rings is 1. The maximum absolute atomic E-state index is 11.5. The molecular formula is C12H16BrNO5. The molecule has 106 valence electrons. The summed E-state index contributed by atoms with van der Waals surface area (Å²) in [5, 5.41) is 11.4. The van der Waals surface area contributed by atoms with Gasteiger partial charge in [0.2, 0.25) is 0 Å². The average molecular weight is 334 g/mol. The summed E-state index contributed by atoms with van der Waals surface area (Å²) in [5.74, 6) is -0.711. The zero-order valence-electron chi connectivity index (χ0n) is 10.9. The third-order valence-electron chi connectivity index (χ3n) is 2.07. The fourth-order valence-electron chi connectivity index (χ4n) is 1.31. The lowest BCUT2D eigenvalue weighted by Gasteiger charge is -2.21. The largest absolute Gasteiger partial charge is 0.480 e. The van der Waals surface area contributed by atoms with E-state index in [1.807, 2.05) is 0 Å². The van der Waals surface area contributed by atoms with Crippen LogP contribution in [0.1, 0.15) is 26.5 Å². The van der Waals surface area contributed by atoms with Crippen LogP contribution in [0.4, 0.5) is 4.79 Å². The predicted octanol–water partition coefficient (Wildman–Crippen LogP) is 2.56. The van der Waals surface area contributed by atoms with Crippen molar-refractivity contribution in [3.05, 3.63) is 22.6 Å². The van der Waals surface area contributed by atoms with Crippen molar-refractivity contribution in [3.8, 4) is 0 Å². The minimum absolute atomic E-state index is 0.0299. The van der Waals surface area contributed by atoms with E-state index in [9.17, 15) is 9.59 Å². The van der Waals surface area contributed by atoms with Gasteiger partial charge in [-0.3, -0.25) is 0 Å². The Hall–Kier alpha value is -1.50. The van der Waals surface area contributed by atoms with E-state index in [4.69, 9.17) is 14.3 Å². The molecule has 1 rings (SSSR count). The Morgan fingerprint density at radius 3 is 2.58 bits per heavy atom. The SMILES string of the molecule is CC(C)(C)OC(=O)NC(Cc1occc1Br)C(=O)O. The molecule has 1 unspecified atom stereocenters. The van der Waals surface area contributed by atoms with Crippen LogP contribution in [0.2, 0.25) is 0 Å². The first-order valence-electron chi connectivity index (χ1n) is 5.63. The smallest absolute Gasteiger partial charge is 0.408 e. The summed E-state index contributed by atoms with van der Waals surface area (Å²) in [6.45, 7) is 5.10. The quantitative estimate of drug-likeness (QED) is 0.883. The zero-order chi connectivity index (χ0) is 14.6. The monoisotopic (exact) mass is 333 g/mol. The van der Waals surface area contributed by atoms with Gasteiger partial charge >= 0.3 is 12.1 Å². The van der Waals surface area contributed by atoms with E-state index < -0.39 is 23.7 Å². The number of carboxylic acid groups (broad SMARTS) is 1. The van der Waals surface area contributed by atoms with Crippen molar-refractivity contribution in [1.82, 2.24) is 5.32 Å². The minimum atomic E-state index is -1.16. The highest BCUT2D eigenvalue weighted by Crippen LogP contribution is 2.19. The Labute approximate surface area is 119 Å². The lowest BCUT2D eigenvalue weighted by molar-refractivity contribution is -0.139. The fourth-order valence-corrected chi connectivity index (χ4v) is 1.67.